The molecule has 0 N–H and O–H groups in total. The van der Waals surface area contributed by atoms with E-state index in [-0.39, 0.29) is 11.6 Å². The van der Waals surface area contributed by atoms with Gasteiger partial charge in [0.05, 0.1) is 0 Å². The molecule has 16 heavy (non-hydrogen) atoms. The van der Waals surface area contributed by atoms with E-state index in [4.69, 9.17) is 4.74 Å². The predicted molar refractivity (Wildman–Crippen MR) is 69.6 cm³/mol. The van der Waals surface area contributed by atoms with E-state index >= 15 is 0 Å². The molecule has 0 aliphatic heterocycles. The molecule has 0 fully saturated rings. The van der Waals surface area contributed by atoms with E-state index in [9.17, 15) is 4.79 Å². The number of hydrogen-bond donors (Lipinski definition) is 0. The van der Waals surface area contributed by atoms with E-state index in [0.717, 1.165) is 0 Å². The standard InChI is InChI=1S/C7H14O2.C6H15N/c1-5-6(8)9-7(2,3)4;1-4-7(5-2)6-3/h5H2,1-4H3;4-6H2,1-3H3. The van der Waals surface area contributed by atoms with Gasteiger partial charge < -0.3 is 9.64 Å². The first kappa shape index (κ1) is 17.8. The average Bonchev–Trinajstić information content (AvgIpc) is 2.19. The Labute approximate surface area is 101 Å². The summed E-state index contributed by atoms with van der Waals surface area (Å²) in [5, 5.41) is 0. The molecule has 0 radical (unpaired) electrons. The second-order valence-electron chi connectivity index (χ2n) is 4.56. The zero-order valence-corrected chi connectivity index (χ0v) is 12.1. The molecule has 0 heterocycles. The second kappa shape index (κ2) is 9.64. The topological polar surface area (TPSA) is 29.5 Å². The van der Waals surface area contributed by atoms with Crippen LogP contribution in [0.5, 0.6) is 0 Å². The molecule has 0 aromatic heterocycles. The van der Waals surface area contributed by atoms with Crippen LogP contribution in [-0.2, 0) is 9.53 Å². The molecule has 98 valence electrons. The van der Waals surface area contributed by atoms with Crippen molar-refractivity contribution in [2.45, 2.75) is 60.5 Å². The molecule has 3 nitrogen and oxygen atoms in total. The first-order valence-electron chi connectivity index (χ1n) is 6.24. The Kier molecular flexibility index (Phi) is 10.7. The van der Waals surface area contributed by atoms with Crippen molar-refractivity contribution in [1.82, 2.24) is 4.90 Å². The summed E-state index contributed by atoms with van der Waals surface area (Å²) in [7, 11) is 0. The van der Waals surface area contributed by atoms with Gasteiger partial charge in [-0.15, -0.1) is 0 Å². The molecule has 0 rings (SSSR count). The van der Waals surface area contributed by atoms with Crippen molar-refractivity contribution in [3.63, 3.8) is 0 Å². The lowest BCUT2D eigenvalue weighted by Crippen LogP contribution is -2.23. The van der Waals surface area contributed by atoms with E-state index in [1.54, 1.807) is 6.92 Å². The molecular weight excluding hydrogens is 202 g/mol. The predicted octanol–water partition coefficient (Wildman–Crippen LogP) is 3.09. The molecular formula is C13H29NO2. The van der Waals surface area contributed by atoms with Crippen molar-refractivity contribution in [3.05, 3.63) is 0 Å². The van der Waals surface area contributed by atoms with Crippen LogP contribution in [0.25, 0.3) is 0 Å². The fourth-order valence-corrected chi connectivity index (χ4v) is 1.08. The van der Waals surface area contributed by atoms with Gasteiger partial charge in [0.2, 0.25) is 0 Å². The lowest BCUT2D eigenvalue weighted by Gasteiger charge is -2.18. The Morgan fingerprint density at radius 2 is 1.38 bits per heavy atom. The number of esters is 1. The molecule has 0 saturated heterocycles. The summed E-state index contributed by atoms with van der Waals surface area (Å²) in [6.07, 6.45) is 0.456. The van der Waals surface area contributed by atoms with Crippen LogP contribution in [0.3, 0.4) is 0 Å². The van der Waals surface area contributed by atoms with E-state index in [1.165, 1.54) is 19.6 Å². The van der Waals surface area contributed by atoms with Gasteiger partial charge in [0, 0.05) is 6.42 Å². The van der Waals surface area contributed by atoms with Crippen molar-refractivity contribution >= 4 is 5.97 Å². The maximum absolute atomic E-state index is 10.6. The number of carbonyl (C=O) groups is 1. The van der Waals surface area contributed by atoms with Crippen molar-refractivity contribution in [2.75, 3.05) is 19.6 Å². The molecule has 0 aromatic carbocycles. The van der Waals surface area contributed by atoms with Gasteiger partial charge in [0.15, 0.2) is 0 Å². The summed E-state index contributed by atoms with van der Waals surface area (Å²) in [5.41, 5.74) is -0.326. The van der Waals surface area contributed by atoms with Crippen molar-refractivity contribution in [1.29, 1.82) is 0 Å². The molecule has 0 spiro atoms. The molecule has 0 aromatic rings. The lowest BCUT2D eigenvalue weighted by molar-refractivity contribution is -0.154. The maximum Gasteiger partial charge on any atom is 0.306 e. The van der Waals surface area contributed by atoms with Crippen molar-refractivity contribution in [2.24, 2.45) is 0 Å². The van der Waals surface area contributed by atoms with Gasteiger partial charge in [-0.1, -0.05) is 27.7 Å². The van der Waals surface area contributed by atoms with Crippen LogP contribution in [0.1, 0.15) is 54.9 Å². The molecule has 3 heteroatoms. The number of carbonyl (C=O) groups excluding carboxylic acids is 1. The molecule has 0 amide bonds. The largest absolute Gasteiger partial charge is 0.460 e. The quantitative estimate of drug-likeness (QED) is 0.696. The van der Waals surface area contributed by atoms with Gasteiger partial charge in [-0.05, 0) is 40.4 Å². The highest BCUT2D eigenvalue weighted by Crippen LogP contribution is 2.07. The zero-order valence-electron chi connectivity index (χ0n) is 12.1. The number of ether oxygens (including phenoxy) is 1. The number of rotatable bonds is 4. The third kappa shape index (κ3) is 13.4. The first-order chi connectivity index (χ1) is 7.30. The normalized spacial score (nSPS) is 10.8. The highest BCUT2D eigenvalue weighted by atomic mass is 16.6. The van der Waals surface area contributed by atoms with Gasteiger partial charge in [-0.2, -0.15) is 0 Å². The van der Waals surface area contributed by atoms with Gasteiger partial charge in [0.1, 0.15) is 5.60 Å². The molecule has 0 atom stereocenters. The van der Waals surface area contributed by atoms with Crippen LogP contribution in [0, 0.1) is 0 Å². The maximum atomic E-state index is 10.6. The van der Waals surface area contributed by atoms with E-state index in [0.29, 0.717) is 6.42 Å². The minimum atomic E-state index is -0.326. The third-order valence-corrected chi connectivity index (χ3v) is 2.05. The van der Waals surface area contributed by atoms with Crippen molar-refractivity contribution < 1.29 is 9.53 Å². The van der Waals surface area contributed by atoms with Crippen LogP contribution in [-0.4, -0.2) is 36.1 Å². The number of hydrogen-bond acceptors (Lipinski definition) is 3. The monoisotopic (exact) mass is 231 g/mol. The summed E-state index contributed by atoms with van der Waals surface area (Å²) in [5.74, 6) is -0.137. The van der Waals surface area contributed by atoms with Gasteiger partial charge in [0.25, 0.3) is 0 Å². The summed E-state index contributed by atoms with van der Waals surface area (Å²) >= 11 is 0. The summed E-state index contributed by atoms with van der Waals surface area (Å²) in [6, 6.07) is 0. The van der Waals surface area contributed by atoms with E-state index < -0.39 is 0 Å². The first-order valence-corrected chi connectivity index (χ1v) is 6.24. The Hall–Kier alpha value is -0.570. The van der Waals surface area contributed by atoms with Crippen LogP contribution in [0.15, 0.2) is 0 Å². The summed E-state index contributed by atoms with van der Waals surface area (Å²) in [4.78, 5) is 13.0. The molecule has 0 saturated carbocycles. The Morgan fingerprint density at radius 1 is 1.00 bits per heavy atom. The minimum absolute atomic E-state index is 0.137. The second-order valence-corrected chi connectivity index (χ2v) is 4.56. The molecule has 0 bridgehead atoms. The Morgan fingerprint density at radius 3 is 1.44 bits per heavy atom. The minimum Gasteiger partial charge on any atom is -0.460 e. The average molecular weight is 231 g/mol. The van der Waals surface area contributed by atoms with Crippen LogP contribution >= 0.6 is 0 Å². The third-order valence-electron chi connectivity index (χ3n) is 2.05. The van der Waals surface area contributed by atoms with E-state index in [1.807, 2.05) is 20.8 Å². The lowest BCUT2D eigenvalue weighted by atomic mass is 10.2. The van der Waals surface area contributed by atoms with Gasteiger partial charge in [-0.25, -0.2) is 0 Å². The smallest absolute Gasteiger partial charge is 0.306 e. The number of nitrogens with zero attached hydrogens (tertiary/aromatic N) is 1. The van der Waals surface area contributed by atoms with Gasteiger partial charge >= 0.3 is 5.97 Å². The SMILES string of the molecule is CCC(=O)OC(C)(C)C.CCN(CC)CC. The van der Waals surface area contributed by atoms with Crippen LogP contribution in [0.4, 0.5) is 0 Å². The molecule has 0 unspecified atom stereocenters. The fourth-order valence-electron chi connectivity index (χ4n) is 1.08. The Bertz CT molecular complexity index is 164. The van der Waals surface area contributed by atoms with Crippen LogP contribution in [0.2, 0.25) is 0 Å². The van der Waals surface area contributed by atoms with Crippen LogP contribution < -0.4 is 0 Å². The summed E-state index contributed by atoms with van der Waals surface area (Å²) < 4.78 is 4.95. The fraction of sp³-hybridized carbons (Fsp3) is 0.923. The van der Waals surface area contributed by atoms with Gasteiger partial charge in [-0.3, -0.25) is 4.79 Å². The van der Waals surface area contributed by atoms with Crippen molar-refractivity contribution in [3.8, 4) is 0 Å². The highest BCUT2D eigenvalue weighted by Gasteiger charge is 2.13. The highest BCUT2D eigenvalue weighted by molar-refractivity contribution is 5.69. The Balaban J connectivity index is 0. The molecule has 0 aliphatic carbocycles. The molecule has 0 aliphatic rings. The zero-order chi connectivity index (χ0) is 13.2. The summed E-state index contributed by atoms with van der Waals surface area (Å²) in [6.45, 7) is 17.5. The van der Waals surface area contributed by atoms with E-state index in [2.05, 4.69) is 25.7 Å².